The fourth-order valence-electron chi connectivity index (χ4n) is 3.93. The smallest absolute Gasteiger partial charge is 0.251 e. The third kappa shape index (κ3) is 3.60. The van der Waals surface area contributed by atoms with Crippen LogP contribution in [-0.4, -0.2) is 17.6 Å². The molecule has 4 rings (SSSR count). The van der Waals surface area contributed by atoms with Crippen molar-refractivity contribution in [2.24, 2.45) is 5.73 Å². The van der Waals surface area contributed by atoms with Gasteiger partial charge in [0.1, 0.15) is 5.75 Å². The minimum absolute atomic E-state index is 0.419. The number of ether oxygens (including phenoxy) is 1. The molecule has 0 aliphatic rings. The molecule has 0 aliphatic carbocycles. The number of hydrogen-bond donors (Lipinski definition) is 1. The van der Waals surface area contributed by atoms with E-state index >= 15 is 0 Å². The lowest BCUT2D eigenvalue weighted by atomic mass is 9.96. The van der Waals surface area contributed by atoms with Gasteiger partial charge in [-0.25, -0.2) is 0 Å². The van der Waals surface area contributed by atoms with Crippen LogP contribution in [0, 0.1) is 6.92 Å². The molecule has 30 heavy (non-hydrogen) atoms. The van der Waals surface area contributed by atoms with Crippen LogP contribution in [0.15, 0.2) is 84.9 Å². The number of methoxy groups -OCH3 is 1. The van der Waals surface area contributed by atoms with E-state index in [2.05, 4.69) is 16.7 Å². The summed E-state index contributed by atoms with van der Waals surface area (Å²) in [6.07, 6.45) is 0. The fraction of sp³-hybridized carbons (Fsp3) is 0.115. The second-order valence-electron chi connectivity index (χ2n) is 7.21. The first-order valence-electron chi connectivity index (χ1n) is 9.86. The number of amides is 1. The average molecular weight is 396 g/mol. The SMILES string of the molecule is COc1ccc(Cn2c(C)c(C(N)=O)c(-c3ccccc3)c2-c2ccccc2)cc1. The lowest BCUT2D eigenvalue weighted by Crippen LogP contribution is -2.13. The summed E-state index contributed by atoms with van der Waals surface area (Å²) in [5.41, 5.74) is 12.3. The van der Waals surface area contributed by atoms with Crippen molar-refractivity contribution in [2.75, 3.05) is 7.11 Å². The van der Waals surface area contributed by atoms with Gasteiger partial charge in [-0.15, -0.1) is 0 Å². The van der Waals surface area contributed by atoms with Crippen LogP contribution < -0.4 is 10.5 Å². The second-order valence-corrected chi connectivity index (χ2v) is 7.21. The molecular formula is C26H24N2O2. The number of hydrogen-bond acceptors (Lipinski definition) is 2. The monoisotopic (exact) mass is 396 g/mol. The zero-order valence-electron chi connectivity index (χ0n) is 17.1. The van der Waals surface area contributed by atoms with E-state index < -0.39 is 5.91 Å². The molecule has 0 atom stereocenters. The van der Waals surface area contributed by atoms with Crippen LogP contribution in [0.25, 0.3) is 22.4 Å². The van der Waals surface area contributed by atoms with Gasteiger partial charge in [0.15, 0.2) is 0 Å². The Morgan fingerprint density at radius 2 is 1.43 bits per heavy atom. The van der Waals surface area contributed by atoms with E-state index in [1.807, 2.05) is 79.7 Å². The largest absolute Gasteiger partial charge is 0.497 e. The standard InChI is InChI=1S/C26H24N2O2/c1-18-23(26(27)29)24(20-9-5-3-6-10-20)25(21-11-7-4-8-12-21)28(18)17-19-13-15-22(30-2)16-14-19/h3-16H,17H2,1-2H3,(H2,27,29). The zero-order chi connectivity index (χ0) is 21.1. The van der Waals surface area contributed by atoms with Crippen molar-refractivity contribution in [1.82, 2.24) is 4.57 Å². The number of nitrogens with zero attached hydrogens (tertiary/aromatic N) is 1. The number of rotatable bonds is 6. The quantitative estimate of drug-likeness (QED) is 0.482. The second kappa shape index (κ2) is 8.29. The molecule has 0 saturated heterocycles. The van der Waals surface area contributed by atoms with Gasteiger partial charge < -0.3 is 15.0 Å². The van der Waals surface area contributed by atoms with E-state index in [1.165, 1.54) is 0 Å². The van der Waals surface area contributed by atoms with E-state index in [4.69, 9.17) is 10.5 Å². The first kappa shape index (κ1) is 19.5. The highest BCUT2D eigenvalue weighted by molar-refractivity contribution is 6.05. The molecule has 150 valence electrons. The summed E-state index contributed by atoms with van der Waals surface area (Å²) >= 11 is 0. The van der Waals surface area contributed by atoms with Crippen molar-refractivity contribution in [3.8, 4) is 28.1 Å². The fourth-order valence-corrected chi connectivity index (χ4v) is 3.93. The molecule has 0 aliphatic heterocycles. The predicted molar refractivity (Wildman–Crippen MR) is 121 cm³/mol. The van der Waals surface area contributed by atoms with Crippen molar-refractivity contribution in [2.45, 2.75) is 13.5 Å². The van der Waals surface area contributed by atoms with Gasteiger partial charge in [0.2, 0.25) is 0 Å². The van der Waals surface area contributed by atoms with Gasteiger partial charge in [-0.05, 0) is 35.7 Å². The maximum atomic E-state index is 12.5. The van der Waals surface area contributed by atoms with Crippen molar-refractivity contribution < 1.29 is 9.53 Å². The molecule has 1 heterocycles. The normalized spacial score (nSPS) is 10.7. The number of nitrogens with two attached hydrogens (primary N) is 1. The maximum Gasteiger partial charge on any atom is 0.251 e. The Bertz CT molecular complexity index is 1160. The molecule has 4 aromatic rings. The number of carbonyl (C=O) groups excluding carboxylic acids is 1. The van der Waals surface area contributed by atoms with Crippen molar-refractivity contribution in [3.05, 3.63) is 102 Å². The van der Waals surface area contributed by atoms with Crippen LogP contribution in [0.5, 0.6) is 5.75 Å². The lowest BCUT2D eigenvalue weighted by Gasteiger charge is -2.14. The summed E-state index contributed by atoms with van der Waals surface area (Å²) < 4.78 is 7.46. The number of benzene rings is 3. The Morgan fingerprint density at radius 1 is 0.867 bits per heavy atom. The van der Waals surface area contributed by atoms with Gasteiger partial charge in [-0.1, -0.05) is 72.8 Å². The van der Waals surface area contributed by atoms with Gasteiger partial charge in [0.25, 0.3) is 5.91 Å². The van der Waals surface area contributed by atoms with E-state index in [1.54, 1.807) is 7.11 Å². The highest BCUT2D eigenvalue weighted by atomic mass is 16.5. The van der Waals surface area contributed by atoms with E-state index in [0.717, 1.165) is 39.4 Å². The molecule has 4 nitrogen and oxygen atoms in total. The van der Waals surface area contributed by atoms with E-state index in [9.17, 15) is 4.79 Å². The summed E-state index contributed by atoms with van der Waals surface area (Å²) in [7, 11) is 1.66. The number of primary amides is 1. The molecule has 0 radical (unpaired) electrons. The number of carbonyl (C=O) groups is 1. The Balaban J connectivity index is 1.97. The molecule has 1 aromatic heterocycles. The van der Waals surface area contributed by atoms with Crippen molar-refractivity contribution in [1.29, 1.82) is 0 Å². The molecular weight excluding hydrogens is 372 g/mol. The minimum Gasteiger partial charge on any atom is -0.497 e. The average Bonchev–Trinajstić information content (AvgIpc) is 3.08. The van der Waals surface area contributed by atoms with Crippen molar-refractivity contribution >= 4 is 5.91 Å². The Morgan fingerprint density at radius 3 is 1.97 bits per heavy atom. The first-order chi connectivity index (χ1) is 14.6. The van der Waals surface area contributed by atoms with E-state index in [-0.39, 0.29) is 0 Å². The van der Waals surface area contributed by atoms with Crippen LogP contribution in [0.2, 0.25) is 0 Å². The molecule has 4 heteroatoms. The van der Waals surface area contributed by atoms with Crippen LogP contribution >= 0.6 is 0 Å². The van der Waals surface area contributed by atoms with Gasteiger partial charge in [0, 0.05) is 17.8 Å². The summed E-state index contributed by atoms with van der Waals surface area (Å²) in [4.78, 5) is 12.5. The molecule has 0 bridgehead atoms. The highest BCUT2D eigenvalue weighted by Gasteiger charge is 2.25. The third-order valence-corrected chi connectivity index (χ3v) is 5.38. The minimum atomic E-state index is -0.419. The summed E-state index contributed by atoms with van der Waals surface area (Å²) in [5, 5.41) is 0. The van der Waals surface area contributed by atoms with Crippen LogP contribution in [0.3, 0.4) is 0 Å². The molecule has 0 saturated carbocycles. The molecule has 2 N–H and O–H groups in total. The van der Waals surface area contributed by atoms with Crippen LogP contribution in [-0.2, 0) is 6.54 Å². The molecule has 0 fully saturated rings. The van der Waals surface area contributed by atoms with E-state index in [0.29, 0.717) is 12.1 Å². The van der Waals surface area contributed by atoms with Crippen LogP contribution in [0.1, 0.15) is 21.6 Å². The number of aromatic nitrogens is 1. The summed E-state index contributed by atoms with van der Waals surface area (Å²) in [5.74, 6) is 0.395. The first-order valence-corrected chi connectivity index (χ1v) is 9.86. The third-order valence-electron chi connectivity index (χ3n) is 5.38. The highest BCUT2D eigenvalue weighted by Crippen LogP contribution is 2.39. The van der Waals surface area contributed by atoms with Gasteiger partial charge in [-0.2, -0.15) is 0 Å². The topological polar surface area (TPSA) is 57.2 Å². The molecule has 1 amide bonds. The zero-order valence-corrected chi connectivity index (χ0v) is 17.1. The molecule has 3 aromatic carbocycles. The Kier molecular flexibility index (Phi) is 5.40. The predicted octanol–water partition coefficient (Wildman–Crippen LogP) is 5.29. The maximum absolute atomic E-state index is 12.5. The molecule has 0 spiro atoms. The Labute approximate surface area is 176 Å². The summed E-state index contributed by atoms with van der Waals surface area (Å²) in [6, 6.07) is 28.1. The van der Waals surface area contributed by atoms with Gasteiger partial charge in [0.05, 0.1) is 18.4 Å². The Hall–Kier alpha value is -3.79. The van der Waals surface area contributed by atoms with Gasteiger partial charge in [-0.3, -0.25) is 4.79 Å². The molecule has 0 unspecified atom stereocenters. The van der Waals surface area contributed by atoms with Crippen LogP contribution in [0.4, 0.5) is 0 Å². The van der Waals surface area contributed by atoms with Gasteiger partial charge >= 0.3 is 0 Å². The lowest BCUT2D eigenvalue weighted by molar-refractivity contribution is 0.1000. The summed E-state index contributed by atoms with van der Waals surface area (Å²) in [6.45, 7) is 2.58. The van der Waals surface area contributed by atoms with Crippen molar-refractivity contribution in [3.63, 3.8) is 0 Å².